The lowest BCUT2D eigenvalue weighted by Crippen LogP contribution is -2.44. The molecular weight excluding hydrogens is 523 g/mol. The van der Waals surface area contributed by atoms with Crippen molar-refractivity contribution in [2.24, 2.45) is 0 Å². The van der Waals surface area contributed by atoms with E-state index in [9.17, 15) is 14.0 Å². The molecule has 212 valence electrons. The molecule has 4 heterocycles. The van der Waals surface area contributed by atoms with E-state index < -0.39 is 5.82 Å². The van der Waals surface area contributed by atoms with Crippen LogP contribution in [0, 0.1) is 5.82 Å². The second kappa shape index (κ2) is 11.2. The molecule has 2 aliphatic heterocycles. The monoisotopic (exact) mass is 556 g/mol. The highest BCUT2D eigenvalue weighted by Crippen LogP contribution is 2.30. The Kier molecular flexibility index (Phi) is 7.27. The number of anilines is 4. The maximum absolute atomic E-state index is 13.5. The lowest BCUT2D eigenvalue weighted by atomic mass is 10.0. The third-order valence-corrected chi connectivity index (χ3v) is 7.85. The van der Waals surface area contributed by atoms with Crippen molar-refractivity contribution >= 4 is 45.9 Å². The first-order chi connectivity index (χ1) is 19.8. The molecular formula is C30H33FN8O2. The first-order valence-electron chi connectivity index (χ1n) is 13.9. The molecule has 41 heavy (non-hydrogen) atoms. The average Bonchev–Trinajstić information content (AvgIpc) is 3.62. The van der Waals surface area contributed by atoms with Crippen molar-refractivity contribution in [3.05, 3.63) is 71.7 Å². The predicted molar refractivity (Wildman–Crippen MR) is 157 cm³/mol. The molecule has 2 aromatic carbocycles. The Hall–Kier alpha value is -4.51. The fourth-order valence-corrected chi connectivity index (χ4v) is 5.44. The maximum Gasteiger partial charge on any atom is 0.231 e. The van der Waals surface area contributed by atoms with Gasteiger partial charge >= 0.3 is 0 Å². The molecule has 0 bridgehead atoms. The molecule has 10 nitrogen and oxygen atoms in total. The third-order valence-electron chi connectivity index (χ3n) is 7.85. The molecule has 3 N–H and O–H groups in total. The fraction of sp³-hybridized carbons (Fsp3) is 0.333. The summed E-state index contributed by atoms with van der Waals surface area (Å²) in [5.74, 6) is 0.220. The van der Waals surface area contributed by atoms with E-state index in [4.69, 9.17) is 4.98 Å². The van der Waals surface area contributed by atoms with Gasteiger partial charge in [0, 0.05) is 75.4 Å². The fourth-order valence-electron chi connectivity index (χ4n) is 5.44. The Morgan fingerprint density at radius 1 is 0.976 bits per heavy atom. The SMILES string of the molecule is CC(=O)N1CC[C@H](Nc2nc(Nc3ccc(N4CCN(C)CC4)cc3)nc3[nH]cc(C(=O)c4ccc(F)cc4)c23)C1. The van der Waals surface area contributed by atoms with Crippen LogP contribution in [0.2, 0.25) is 0 Å². The molecule has 11 heteroatoms. The number of nitrogens with one attached hydrogen (secondary N) is 3. The van der Waals surface area contributed by atoms with Gasteiger partial charge < -0.3 is 30.3 Å². The number of H-pyrrole nitrogens is 1. The number of ketones is 1. The zero-order valence-corrected chi connectivity index (χ0v) is 23.2. The summed E-state index contributed by atoms with van der Waals surface area (Å²) < 4.78 is 13.5. The predicted octanol–water partition coefficient (Wildman–Crippen LogP) is 3.86. The number of amides is 1. The van der Waals surface area contributed by atoms with E-state index in [1.807, 2.05) is 12.1 Å². The normalized spacial score (nSPS) is 17.7. The van der Waals surface area contributed by atoms with Crippen LogP contribution in [0.4, 0.5) is 27.5 Å². The quantitative estimate of drug-likeness (QED) is 0.295. The second-order valence-electron chi connectivity index (χ2n) is 10.7. The summed E-state index contributed by atoms with van der Waals surface area (Å²) in [5.41, 5.74) is 3.26. The van der Waals surface area contributed by atoms with E-state index in [2.05, 4.69) is 49.6 Å². The van der Waals surface area contributed by atoms with Crippen LogP contribution < -0.4 is 15.5 Å². The van der Waals surface area contributed by atoms with Gasteiger partial charge in [-0.05, 0) is 62.0 Å². The molecule has 0 aliphatic carbocycles. The third kappa shape index (κ3) is 5.71. The van der Waals surface area contributed by atoms with Crippen LogP contribution in [0.1, 0.15) is 29.3 Å². The number of halogens is 1. The number of aromatic amines is 1. The lowest BCUT2D eigenvalue weighted by Gasteiger charge is -2.34. The van der Waals surface area contributed by atoms with E-state index in [0.29, 0.717) is 47.0 Å². The first-order valence-corrected chi connectivity index (χ1v) is 13.9. The average molecular weight is 557 g/mol. The highest BCUT2D eigenvalue weighted by molar-refractivity contribution is 6.18. The standard InChI is InChI=1S/C30H33FN8O2/c1-19(40)39-12-11-23(18-39)33-29-26-25(27(41)20-3-5-21(31)6-4-20)17-32-28(26)35-30(36-29)34-22-7-9-24(10-8-22)38-15-13-37(2)14-16-38/h3-10,17,23H,11-16,18H2,1-2H3,(H3,32,33,34,35,36)/t23-/m0/s1. The van der Waals surface area contributed by atoms with Crippen molar-refractivity contribution in [3.63, 3.8) is 0 Å². The summed E-state index contributed by atoms with van der Waals surface area (Å²) in [6.07, 6.45) is 2.37. The van der Waals surface area contributed by atoms with Crippen LogP contribution in [0.25, 0.3) is 11.0 Å². The number of rotatable bonds is 7. The van der Waals surface area contributed by atoms with Crippen molar-refractivity contribution in [2.45, 2.75) is 19.4 Å². The van der Waals surface area contributed by atoms with Crippen LogP contribution in [-0.4, -0.2) is 88.8 Å². The molecule has 1 atom stereocenters. The molecule has 0 saturated carbocycles. The minimum atomic E-state index is -0.408. The summed E-state index contributed by atoms with van der Waals surface area (Å²) in [7, 11) is 2.14. The zero-order valence-electron chi connectivity index (χ0n) is 23.2. The van der Waals surface area contributed by atoms with Crippen molar-refractivity contribution in [1.82, 2.24) is 24.8 Å². The number of piperazine rings is 1. The van der Waals surface area contributed by atoms with E-state index in [0.717, 1.165) is 38.3 Å². The summed E-state index contributed by atoms with van der Waals surface area (Å²) in [5, 5.41) is 7.32. The number of benzene rings is 2. The first kappa shape index (κ1) is 26.7. The van der Waals surface area contributed by atoms with Crippen LogP contribution in [0.3, 0.4) is 0 Å². The van der Waals surface area contributed by atoms with Gasteiger partial charge in [0.25, 0.3) is 0 Å². The molecule has 2 fully saturated rings. The smallest absolute Gasteiger partial charge is 0.231 e. The van der Waals surface area contributed by atoms with Gasteiger partial charge in [0.15, 0.2) is 5.78 Å². The summed E-state index contributed by atoms with van der Waals surface area (Å²) in [6.45, 7) is 6.82. The second-order valence-corrected chi connectivity index (χ2v) is 10.7. The molecule has 6 rings (SSSR count). The molecule has 0 spiro atoms. The van der Waals surface area contributed by atoms with Gasteiger partial charge in [-0.3, -0.25) is 9.59 Å². The van der Waals surface area contributed by atoms with Gasteiger partial charge in [-0.1, -0.05) is 0 Å². The molecule has 2 saturated heterocycles. The van der Waals surface area contributed by atoms with Crippen LogP contribution in [0.15, 0.2) is 54.7 Å². The van der Waals surface area contributed by atoms with E-state index in [1.54, 1.807) is 18.0 Å². The van der Waals surface area contributed by atoms with Crippen molar-refractivity contribution < 1.29 is 14.0 Å². The van der Waals surface area contributed by atoms with Gasteiger partial charge in [0.1, 0.15) is 17.3 Å². The maximum atomic E-state index is 13.5. The summed E-state index contributed by atoms with van der Waals surface area (Å²) >= 11 is 0. The van der Waals surface area contributed by atoms with Gasteiger partial charge in [-0.15, -0.1) is 0 Å². The molecule has 2 aromatic heterocycles. The number of likely N-dealkylation sites (N-methyl/N-ethyl adjacent to an activating group) is 1. The van der Waals surface area contributed by atoms with E-state index in [1.165, 1.54) is 30.0 Å². The molecule has 2 aliphatic rings. The van der Waals surface area contributed by atoms with E-state index in [-0.39, 0.29) is 17.7 Å². The highest BCUT2D eigenvalue weighted by atomic mass is 19.1. The van der Waals surface area contributed by atoms with Crippen molar-refractivity contribution in [3.8, 4) is 0 Å². The number of hydrogen-bond donors (Lipinski definition) is 3. The van der Waals surface area contributed by atoms with Crippen LogP contribution in [0.5, 0.6) is 0 Å². The minimum absolute atomic E-state index is 0.0262. The number of hydrogen-bond acceptors (Lipinski definition) is 8. The Labute approximate surface area is 237 Å². The Balaban J connectivity index is 1.30. The van der Waals surface area contributed by atoms with Gasteiger partial charge in [-0.2, -0.15) is 9.97 Å². The number of carbonyl (C=O) groups excluding carboxylic acids is 2. The molecule has 1 amide bonds. The Morgan fingerprint density at radius 2 is 1.71 bits per heavy atom. The molecule has 0 unspecified atom stereocenters. The number of nitrogens with zero attached hydrogens (tertiary/aromatic N) is 5. The Morgan fingerprint density at radius 3 is 2.39 bits per heavy atom. The lowest BCUT2D eigenvalue weighted by molar-refractivity contribution is -0.127. The van der Waals surface area contributed by atoms with Gasteiger partial charge in [-0.25, -0.2) is 4.39 Å². The number of carbonyl (C=O) groups is 2. The largest absolute Gasteiger partial charge is 0.369 e. The number of fused-ring (bicyclic) bond motifs is 1. The Bertz CT molecular complexity index is 1560. The summed E-state index contributed by atoms with van der Waals surface area (Å²) in [6, 6.07) is 13.6. The summed E-state index contributed by atoms with van der Waals surface area (Å²) in [4.78, 5) is 44.4. The highest BCUT2D eigenvalue weighted by Gasteiger charge is 2.27. The van der Waals surface area contributed by atoms with Crippen LogP contribution in [-0.2, 0) is 4.79 Å². The van der Waals surface area contributed by atoms with Gasteiger partial charge in [0.05, 0.1) is 10.9 Å². The minimum Gasteiger partial charge on any atom is -0.369 e. The zero-order chi connectivity index (χ0) is 28.5. The van der Waals surface area contributed by atoms with Crippen LogP contribution >= 0.6 is 0 Å². The van der Waals surface area contributed by atoms with Crippen molar-refractivity contribution in [2.75, 3.05) is 61.8 Å². The molecule has 4 aromatic rings. The number of aromatic nitrogens is 3. The van der Waals surface area contributed by atoms with E-state index >= 15 is 0 Å². The topological polar surface area (TPSA) is 109 Å². The molecule has 0 radical (unpaired) electrons. The number of likely N-dealkylation sites (tertiary alicyclic amines) is 1. The van der Waals surface area contributed by atoms with Crippen molar-refractivity contribution in [1.29, 1.82) is 0 Å². The van der Waals surface area contributed by atoms with Gasteiger partial charge in [0.2, 0.25) is 11.9 Å².